The third-order valence-electron chi connectivity index (χ3n) is 6.15. The monoisotopic (exact) mass is 425 g/mol. The molecule has 1 amide bonds. The summed E-state index contributed by atoms with van der Waals surface area (Å²) in [5.74, 6) is 1.11. The van der Waals surface area contributed by atoms with Gasteiger partial charge in [0.05, 0.1) is 19.7 Å². The molecule has 0 aliphatic carbocycles. The van der Waals surface area contributed by atoms with Crippen molar-refractivity contribution in [2.24, 2.45) is 0 Å². The zero-order valence-electron chi connectivity index (χ0n) is 19.2. The number of methoxy groups -OCH3 is 1. The third-order valence-corrected chi connectivity index (χ3v) is 6.15. The Kier molecular flexibility index (Phi) is 7.70. The number of ether oxygens (including phenoxy) is 1. The van der Waals surface area contributed by atoms with E-state index in [9.17, 15) is 9.90 Å². The maximum Gasteiger partial charge on any atom is 0.244 e. The summed E-state index contributed by atoms with van der Waals surface area (Å²) in [4.78, 5) is 15.5. The van der Waals surface area contributed by atoms with Crippen LogP contribution in [0.25, 0.3) is 0 Å². The first-order chi connectivity index (χ1) is 14.8. The second-order valence-electron chi connectivity index (χ2n) is 8.56. The fraction of sp³-hybridized carbons (Fsp3) is 0.480. The quantitative estimate of drug-likeness (QED) is 0.567. The molecule has 6 nitrogen and oxygen atoms in total. The van der Waals surface area contributed by atoms with Crippen molar-refractivity contribution in [3.63, 3.8) is 0 Å². The molecule has 0 aromatic heterocycles. The number of aryl methyl sites for hydroxylation is 1. The number of anilines is 1. The second-order valence-corrected chi connectivity index (χ2v) is 8.56. The Morgan fingerprint density at radius 1 is 1.19 bits per heavy atom. The molecule has 3 rings (SSSR count). The molecular formula is C25H35N3O3. The van der Waals surface area contributed by atoms with Crippen LogP contribution < -0.4 is 20.3 Å². The number of nitrogens with one attached hydrogen (secondary N) is 2. The van der Waals surface area contributed by atoms with Gasteiger partial charge in [-0.25, -0.2) is 0 Å². The average Bonchev–Trinajstić information content (AvgIpc) is 2.90. The SMILES string of the molecule is CN[C@@H](C)C(O)N[C@H]1CCc2ccccc2N(Cc2cc(C(C)C)ccc2OC)C1=O. The van der Waals surface area contributed by atoms with Crippen molar-refractivity contribution >= 4 is 11.6 Å². The van der Waals surface area contributed by atoms with Crippen LogP contribution in [0.1, 0.15) is 49.8 Å². The zero-order valence-corrected chi connectivity index (χ0v) is 19.2. The Labute approximate surface area is 185 Å². The standard InChI is InChI=1S/C25H35N3O3/c1-16(2)19-11-13-23(31-5)20(14-19)15-28-22-9-7-6-8-18(22)10-12-21(25(28)30)27-24(29)17(3)26-4/h6-9,11,13-14,16-17,21,24,26-27,29H,10,12,15H2,1-5H3/t17-,21-,24?/m0/s1. The van der Waals surface area contributed by atoms with Crippen LogP contribution in [-0.2, 0) is 17.8 Å². The van der Waals surface area contributed by atoms with Gasteiger partial charge in [-0.05, 0) is 56.0 Å². The summed E-state index contributed by atoms with van der Waals surface area (Å²) >= 11 is 0. The summed E-state index contributed by atoms with van der Waals surface area (Å²) in [7, 11) is 3.45. The molecule has 0 fully saturated rings. The summed E-state index contributed by atoms with van der Waals surface area (Å²) in [5.41, 5.74) is 4.24. The van der Waals surface area contributed by atoms with Crippen LogP contribution in [-0.4, -0.2) is 43.5 Å². The summed E-state index contributed by atoms with van der Waals surface area (Å²) in [5, 5.41) is 16.7. The Balaban J connectivity index is 1.97. The van der Waals surface area contributed by atoms with Crippen LogP contribution in [0.4, 0.5) is 5.69 Å². The molecule has 2 aromatic rings. The van der Waals surface area contributed by atoms with Crippen molar-refractivity contribution in [3.05, 3.63) is 59.2 Å². The van der Waals surface area contributed by atoms with Crippen molar-refractivity contribution in [2.45, 2.75) is 64.4 Å². The number of fused-ring (bicyclic) bond motifs is 1. The number of hydrogen-bond donors (Lipinski definition) is 3. The van der Waals surface area contributed by atoms with Crippen LogP contribution in [0.3, 0.4) is 0 Å². The topological polar surface area (TPSA) is 73.8 Å². The van der Waals surface area contributed by atoms with E-state index in [1.165, 1.54) is 5.56 Å². The van der Waals surface area contributed by atoms with Crippen LogP contribution in [0.5, 0.6) is 5.75 Å². The molecule has 1 unspecified atom stereocenters. The number of amides is 1. The first-order valence-corrected chi connectivity index (χ1v) is 11.0. The van der Waals surface area contributed by atoms with E-state index in [4.69, 9.17) is 4.74 Å². The highest BCUT2D eigenvalue weighted by Crippen LogP contribution is 2.32. The lowest BCUT2D eigenvalue weighted by molar-refractivity contribution is -0.121. The smallest absolute Gasteiger partial charge is 0.244 e. The van der Waals surface area contributed by atoms with E-state index >= 15 is 0 Å². The lowest BCUT2D eigenvalue weighted by atomic mass is 9.99. The van der Waals surface area contributed by atoms with Gasteiger partial charge in [-0.1, -0.05) is 44.2 Å². The molecule has 3 N–H and O–H groups in total. The molecule has 31 heavy (non-hydrogen) atoms. The Morgan fingerprint density at radius 2 is 1.94 bits per heavy atom. The normalized spacial score (nSPS) is 18.5. The van der Waals surface area contributed by atoms with E-state index in [-0.39, 0.29) is 11.9 Å². The maximum absolute atomic E-state index is 13.7. The highest BCUT2D eigenvalue weighted by Gasteiger charge is 2.32. The van der Waals surface area contributed by atoms with Crippen LogP contribution >= 0.6 is 0 Å². The van der Waals surface area contributed by atoms with E-state index in [2.05, 4.69) is 42.7 Å². The molecule has 0 saturated carbocycles. The zero-order chi connectivity index (χ0) is 22.5. The maximum atomic E-state index is 13.7. The van der Waals surface area contributed by atoms with E-state index in [0.717, 1.165) is 29.0 Å². The van der Waals surface area contributed by atoms with Gasteiger partial charge in [0.2, 0.25) is 5.91 Å². The summed E-state index contributed by atoms with van der Waals surface area (Å²) in [6, 6.07) is 13.6. The minimum atomic E-state index is -0.819. The van der Waals surface area contributed by atoms with E-state index < -0.39 is 12.3 Å². The summed E-state index contributed by atoms with van der Waals surface area (Å²) in [6.45, 7) is 6.60. The number of aliphatic hydroxyl groups excluding tert-OH is 1. The van der Waals surface area contributed by atoms with Gasteiger partial charge in [-0.3, -0.25) is 10.1 Å². The van der Waals surface area contributed by atoms with Crippen LogP contribution in [0, 0.1) is 0 Å². The van der Waals surface area contributed by atoms with Crippen molar-refractivity contribution in [3.8, 4) is 5.75 Å². The Morgan fingerprint density at radius 3 is 2.61 bits per heavy atom. The Bertz CT molecular complexity index is 899. The van der Waals surface area contributed by atoms with Gasteiger partial charge in [0.1, 0.15) is 12.0 Å². The predicted octanol–water partition coefficient (Wildman–Crippen LogP) is 3.18. The molecular weight excluding hydrogens is 390 g/mol. The molecule has 0 bridgehead atoms. The fourth-order valence-electron chi connectivity index (χ4n) is 3.99. The summed E-state index contributed by atoms with van der Waals surface area (Å²) in [6.07, 6.45) is 0.573. The number of benzene rings is 2. The largest absolute Gasteiger partial charge is 0.496 e. The van der Waals surface area contributed by atoms with Crippen molar-refractivity contribution in [1.29, 1.82) is 0 Å². The van der Waals surface area contributed by atoms with E-state index in [1.54, 1.807) is 14.2 Å². The third kappa shape index (κ3) is 5.26. The van der Waals surface area contributed by atoms with Crippen molar-refractivity contribution in [2.75, 3.05) is 19.1 Å². The first kappa shape index (κ1) is 23.3. The minimum absolute atomic E-state index is 0.0377. The fourth-order valence-corrected chi connectivity index (χ4v) is 3.99. The van der Waals surface area contributed by atoms with Crippen LogP contribution in [0.15, 0.2) is 42.5 Å². The van der Waals surface area contributed by atoms with Gasteiger partial charge >= 0.3 is 0 Å². The van der Waals surface area contributed by atoms with E-state index in [0.29, 0.717) is 18.9 Å². The lowest BCUT2D eigenvalue weighted by Crippen LogP contribution is -2.54. The number of rotatable bonds is 8. The van der Waals surface area contributed by atoms with Crippen molar-refractivity contribution < 1.29 is 14.6 Å². The molecule has 2 aromatic carbocycles. The molecule has 0 spiro atoms. The molecule has 3 atom stereocenters. The van der Waals surface area contributed by atoms with Crippen molar-refractivity contribution in [1.82, 2.24) is 10.6 Å². The number of aliphatic hydroxyl groups is 1. The molecule has 0 saturated heterocycles. The molecule has 1 aliphatic heterocycles. The molecule has 1 heterocycles. The van der Waals surface area contributed by atoms with Gasteiger partial charge in [0.15, 0.2) is 0 Å². The minimum Gasteiger partial charge on any atom is -0.496 e. The number of likely N-dealkylation sites (N-methyl/N-ethyl adjacent to an activating group) is 1. The molecule has 0 radical (unpaired) electrons. The summed E-state index contributed by atoms with van der Waals surface area (Å²) < 4.78 is 5.61. The van der Waals surface area contributed by atoms with Gasteiger partial charge in [0.25, 0.3) is 0 Å². The average molecular weight is 426 g/mol. The Hall–Kier alpha value is -2.41. The van der Waals surface area contributed by atoms with Gasteiger partial charge in [-0.15, -0.1) is 0 Å². The lowest BCUT2D eigenvalue weighted by Gasteiger charge is -2.29. The van der Waals surface area contributed by atoms with Crippen LogP contribution in [0.2, 0.25) is 0 Å². The first-order valence-electron chi connectivity index (χ1n) is 11.0. The number of carbonyl (C=O) groups excluding carboxylic acids is 1. The van der Waals surface area contributed by atoms with E-state index in [1.807, 2.05) is 36.1 Å². The number of carbonyl (C=O) groups is 1. The number of hydrogen-bond acceptors (Lipinski definition) is 5. The highest BCUT2D eigenvalue weighted by molar-refractivity contribution is 5.98. The highest BCUT2D eigenvalue weighted by atomic mass is 16.5. The number of nitrogens with zero attached hydrogens (tertiary/aromatic N) is 1. The van der Waals surface area contributed by atoms with Gasteiger partial charge in [0, 0.05) is 17.3 Å². The molecule has 168 valence electrons. The van der Waals surface area contributed by atoms with Gasteiger partial charge in [-0.2, -0.15) is 0 Å². The predicted molar refractivity (Wildman–Crippen MR) is 124 cm³/mol. The molecule has 1 aliphatic rings. The van der Waals surface area contributed by atoms with Gasteiger partial charge < -0.3 is 20.1 Å². The molecule has 6 heteroatoms. The number of para-hydroxylation sites is 1. The second kappa shape index (κ2) is 10.3.